The molecule has 0 heterocycles. The van der Waals surface area contributed by atoms with Gasteiger partial charge in [-0.15, -0.1) is 0 Å². The first kappa shape index (κ1) is 22.1. The van der Waals surface area contributed by atoms with Gasteiger partial charge in [-0.3, -0.25) is 4.79 Å². The van der Waals surface area contributed by atoms with Gasteiger partial charge in [0.1, 0.15) is 5.82 Å². The Morgan fingerprint density at radius 1 is 1.30 bits per heavy atom. The Morgan fingerprint density at radius 3 is 2.60 bits per heavy atom. The van der Waals surface area contributed by atoms with Gasteiger partial charge in [0, 0.05) is 0 Å². The van der Waals surface area contributed by atoms with Crippen LogP contribution in [0.4, 0.5) is 10.1 Å². The summed E-state index contributed by atoms with van der Waals surface area (Å²) in [7, 11) is 0. The van der Waals surface area contributed by atoms with Crippen molar-refractivity contribution in [3.05, 3.63) is 64.6 Å². The number of carbonyl (C=O) groups excluding carboxylic acids is 1. The molecule has 0 bridgehead atoms. The zero-order valence-corrected chi connectivity index (χ0v) is 18.4. The third-order valence-electron chi connectivity index (χ3n) is 6.52. The Balaban J connectivity index is 2.05. The van der Waals surface area contributed by atoms with E-state index >= 15 is 0 Å². The number of hydrogen-bond donors (Lipinski definition) is 2. The van der Waals surface area contributed by atoms with Crippen LogP contribution in [0, 0.1) is 25.6 Å². The van der Waals surface area contributed by atoms with Gasteiger partial charge in [-0.25, -0.2) is 4.39 Å². The first-order valence-corrected chi connectivity index (χ1v) is 11.0. The lowest BCUT2D eigenvalue weighted by molar-refractivity contribution is 0.100. The molecule has 3 N–H and O–H groups in total. The molecule has 4 heteroatoms. The molecule has 0 atom stereocenters. The minimum Gasteiger partial charge on any atom is -0.366 e. The van der Waals surface area contributed by atoms with Gasteiger partial charge in [-0.05, 0) is 84.7 Å². The largest absolute Gasteiger partial charge is 0.366 e. The van der Waals surface area contributed by atoms with Crippen LogP contribution in [0.2, 0.25) is 0 Å². The maximum atomic E-state index is 14.9. The summed E-state index contributed by atoms with van der Waals surface area (Å²) in [5.74, 6) is 0.203. The van der Waals surface area contributed by atoms with E-state index in [0.717, 1.165) is 52.1 Å². The Kier molecular flexibility index (Phi) is 6.96. The van der Waals surface area contributed by atoms with E-state index in [1.54, 1.807) is 12.3 Å². The maximum Gasteiger partial charge on any atom is 0.251 e. The summed E-state index contributed by atoms with van der Waals surface area (Å²) in [6, 6.07) is 5.69. The molecule has 3 rings (SSSR count). The van der Waals surface area contributed by atoms with Gasteiger partial charge in [-0.1, -0.05) is 51.3 Å². The van der Waals surface area contributed by atoms with E-state index in [-0.39, 0.29) is 5.82 Å². The van der Waals surface area contributed by atoms with Crippen molar-refractivity contribution < 1.29 is 9.18 Å². The second-order valence-corrected chi connectivity index (χ2v) is 8.47. The normalized spacial score (nSPS) is 13.7. The Labute approximate surface area is 179 Å². The number of primary amides is 1. The highest BCUT2D eigenvalue weighted by Crippen LogP contribution is 2.37. The van der Waals surface area contributed by atoms with Crippen LogP contribution in [0.3, 0.4) is 0 Å². The van der Waals surface area contributed by atoms with Gasteiger partial charge in [0.05, 0.1) is 11.3 Å². The number of hydrogen-bond acceptors (Lipinski definition) is 2. The number of halogens is 1. The molecule has 1 saturated carbocycles. The van der Waals surface area contributed by atoms with Crippen molar-refractivity contribution in [3.63, 3.8) is 0 Å². The van der Waals surface area contributed by atoms with Crippen LogP contribution in [-0.2, 0) is 12.8 Å². The highest BCUT2D eigenvalue weighted by molar-refractivity contribution is 6.02. The number of nitrogens with one attached hydrogen (secondary N) is 1. The van der Waals surface area contributed by atoms with E-state index in [1.165, 1.54) is 25.7 Å². The fourth-order valence-electron chi connectivity index (χ4n) is 4.58. The fraction of sp³-hybridized carbons (Fsp3) is 0.423. The van der Waals surface area contributed by atoms with Crippen molar-refractivity contribution in [2.45, 2.75) is 65.7 Å². The quantitative estimate of drug-likeness (QED) is 0.501. The van der Waals surface area contributed by atoms with Gasteiger partial charge in [0.15, 0.2) is 0 Å². The number of carbonyl (C=O) groups is 1. The highest BCUT2D eigenvalue weighted by Gasteiger charge is 2.21. The minimum absolute atomic E-state index is 0.178. The second kappa shape index (κ2) is 9.46. The lowest BCUT2D eigenvalue weighted by atomic mass is 9.81. The summed E-state index contributed by atoms with van der Waals surface area (Å²) < 4.78 is 14.9. The molecule has 3 nitrogen and oxygen atoms in total. The van der Waals surface area contributed by atoms with Crippen molar-refractivity contribution in [1.29, 1.82) is 0 Å². The molecule has 30 heavy (non-hydrogen) atoms. The lowest BCUT2D eigenvalue weighted by Gasteiger charge is -2.25. The number of nitrogens with two attached hydrogens (primary N) is 1. The fourth-order valence-corrected chi connectivity index (χ4v) is 4.58. The highest BCUT2D eigenvalue weighted by atomic mass is 19.1. The SMILES string of the molecule is C=CNc1c(CC)c(-c2cc(F)c(C)c(CCCC3CCC3)c2)cc(C)c1C(N)=O. The summed E-state index contributed by atoms with van der Waals surface area (Å²) in [4.78, 5) is 12.1. The molecule has 0 unspecified atom stereocenters. The molecule has 1 aliphatic carbocycles. The van der Waals surface area contributed by atoms with Crippen LogP contribution >= 0.6 is 0 Å². The van der Waals surface area contributed by atoms with Crippen LogP contribution in [0.25, 0.3) is 11.1 Å². The topological polar surface area (TPSA) is 55.1 Å². The van der Waals surface area contributed by atoms with Gasteiger partial charge in [0.2, 0.25) is 0 Å². The molecule has 1 amide bonds. The predicted molar refractivity (Wildman–Crippen MR) is 123 cm³/mol. The maximum absolute atomic E-state index is 14.9. The molecule has 0 saturated heterocycles. The summed E-state index contributed by atoms with van der Waals surface area (Å²) in [6.07, 6.45) is 9.49. The third-order valence-corrected chi connectivity index (χ3v) is 6.52. The monoisotopic (exact) mass is 408 g/mol. The smallest absolute Gasteiger partial charge is 0.251 e. The molecular weight excluding hydrogens is 375 g/mol. The summed E-state index contributed by atoms with van der Waals surface area (Å²) in [6.45, 7) is 9.49. The molecule has 0 spiro atoms. The van der Waals surface area contributed by atoms with Crippen molar-refractivity contribution >= 4 is 11.6 Å². The standard InChI is InChI=1S/C26H33FN2O/c1-5-21-22(13-16(3)24(26(28)30)25(21)29-6-2)20-14-19(17(4)23(27)15-20)12-8-11-18-9-7-10-18/h6,13-15,18,29H,2,5,7-12H2,1,3-4H3,(H2,28,30). The zero-order chi connectivity index (χ0) is 21.8. The average Bonchev–Trinajstić information content (AvgIpc) is 2.66. The van der Waals surface area contributed by atoms with Crippen molar-refractivity contribution in [2.24, 2.45) is 11.7 Å². The Bertz CT molecular complexity index is 960. The van der Waals surface area contributed by atoms with Crippen LogP contribution in [0.15, 0.2) is 31.0 Å². The van der Waals surface area contributed by atoms with E-state index in [0.29, 0.717) is 17.7 Å². The van der Waals surface area contributed by atoms with Crippen LogP contribution in [0.5, 0.6) is 0 Å². The molecular formula is C26H33FN2O. The van der Waals surface area contributed by atoms with Crippen molar-refractivity contribution in [3.8, 4) is 11.1 Å². The number of rotatable bonds is 9. The molecule has 0 radical (unpaired) electrons. The van der Waals surface area contributed by atoms with E-state index < -0.39 is 5.91 Å². The molecule has 0 aliphatic heterocycles. The van der Waals surface area contributed by atoms with E-state index in [1.807, 2.05) is 26.8 Å². The Hall–Kier alpha value is -2.62. The number of aryl methyl sites for hydroxylation is 2. The Morgan fingerprint density at radius 2 is 2.03 bits per heavy atom. The summed E-state index contributed by atoms with van der Waals surface area (Å²) in [5.41, 5.74) is 12.1. The third kappa shape index (κ3) is 4.43. The van der Waals surface area contributed by atoms with Gasteiger partial charge in [0.25, 0.3) is 5.91 Å². The minimum atomic E-state index is -0.482. The summed E-state index contributed by atoms with van der Waals surface area (Å²) >= 11 is 0. The van der Waals surface area contributed by atoms with Gasteiger partial charge >= 0.3 is 0 Å². The molecule has 2 aromatic rings. The van der Waals surface area contributed by atoms with E-state index in [4.69, 9.17) is 5.73 Å². The van der Waals surface area contributed by atoms with Crippen LogP contribution in [0.1, 0.15) is 71.6 Å². The first-order chi connectivity index (χ1) is 14.4. The van der Waals surface area contributed by atoms with Crippen molar-refractivity contribution in [1.82, 2.24) is 0 Å². The second-order valence-electron chi connectivity index (χ2n) is 8.47. The first-order valence-electron chi connectivity index (χ1n) is 11.0. The number of anilines is 1. The molecule has 1 fully saturated rings. The molecule has 2 aromatic carbocycles. The number of benzene rings is 2. The molecule has 160 valence electrons. The zero-order valence-electron chi connectivity index (χ0n) is 18.4. The number of amides is 1. The van der Waals surface area contributed by atoms with Gasteiger partial charge < -0.3 is 11.1 Å². The predicted octanol–water partition coefficient (Wildman–Crippen LogP) is 6.45. The molecule has 1 aliphatic rings. The molecule has 0 aromatic heterocycles. The van der Waals surface area contributed by atoms with Crippen molar-refractivity contribution in [2.75, 3.05) is 5.32 Å². The van der Waals surface area contributed by atoms with E-state index in [9.17, 15) is 9.18 Å². The summed E-state index contributed by atoms with van der Waals surface area (Å²) in [5, 5.41) is 3.10. The van der Waals surface area contributed by atoms with Crippen LogP contribution < -0.4 is 11.1 Å². The lowest BCUT2D eigenvalue weighted by Crippen LogP contribution is -2.17. The van der Waals surface area contributed by atoms with Gasteiger partial charge in [-0.2, -0.15) is 0 Å². The average molecular weight is 409 g/mol. The van der Waals surface area contributed by atoms with Crippen LogP contribution in [-0.4, -0.2) is 5.91 Å². The van der Waals surface area contributed by atoms with E-state index in [2.05, 4.69) is 18.0 Å².